The van der Waals surface area contributed by atoms with Crippen molar-refractivity contribution in [2.75, 3.05) is 7.05 Å². The Morgan fingerprint density at radius 3 is 2.56 bits per heavy atom. The minimum absolute atomic E-state index is 0.132. The minimum Gasteiger partial charge on any atom is -0.435 e. The molecule has 0 spiro atoms. The summed E-state index contributed by atoms with van der Waals surface area (Å²) in [5.74, 6) is 1.01. The van der Waals surface area contributed by atoms with Crippen LogP contribution in [-0.2, 0) is 6.54 Å². The van der Waals surface area contributed by atoms with Gasteiger partial charge in [0.1, 0.15) is 5.75 Å². The van der Waals surface area contributed by atoms with Crippen molar-refractivity contribution in [2.24, 2.45) is 0 Å². The van der Waals surface area contributed by atoms with Crippen LogP contribution in [0.4, 0.5) is 8.78 Å². The zero-order valence-electron chi connectivity index (χ0n) is 14.8. The average molecular weight is 394 g/mol. The lowest BCUT2D eigenvalue weighted by Gasteiger charge is -2.21. The average Bonchev–Trinajstić information content (AvgIpc) is 3.12. The minimum atomic E-state index is -2.83. The van der Waals surface area contributed by atoms with Gasteiger partial charge < -0.3 is 9.15 Å². The van der Waals surface area contributed by atoms with E-state index in [0.29, 0.717) is 23.3 Å². The van der Waals surface area contributed by atoms with E-state index >= 15 is 0 Å². The fourth-order valence-corrected chi connectivity index (χ4v) is 2.72. The Kier molecular flexibility index (Phi) is 6.03. The van der Waals surface area contributed by atoms with Gasteiger partial charge in [0, 0.05) is 17.1 Å². The molecule has 0 radical (unpaired) electrons. The Bertz CT molecular complexity index is 887. The number of alkyl halides is 2. The third-order valence-corrected chi connectivity index (χ3v) is 4.35. The molecule has 142 valence electrons. The standard InChI is InChI=1S/C19H18ClF2N3O2/c1-12(17-23-24-18(27-17)14-4-3-5-15(20)10-14)25(2)11-13-6-8-16(9-7-13)26-19(21)22/h3-10,12,19H,11H2,1-2H3. The molecular weight excluding hydrogens is 376 g/mol. The van der Waals surface area contributed by atoms with Crippen molar-refractivity contribution in [2.45, 2.75) is 26.1 Å². The highest BCUT2D eigenvalue weighted by Gasteiger charge is 2.19. The second kappa shape index (κ2) is 8.45. The molecule has 3 rings (SSSR count). The zero-order valence-corrected chi connectivity index (χ0v) is 15.5. The van der Waals surface area contributed by atoms with E-state index in [1.54, 1.807) is 24.3 Å². The third kappa shape index (κ3) is 5.02. The summed E-state index contributed by atoms with van der Waals surface area (Å²) >= 11 is 6.00. The van der Waals surface area contributed by atoms with Crippen molar-refractivity contribution in [1.82, 2.24) is 15.1 Å². The van der Waals surface area contributed by atoms with Crippen LogP contribution in [-0.4, -0.2) is 28.8 Å². The number of hydrogen-bond acceptors (Lipinski definition) is 5. The smallest absolute Gasteiger partial charge is 0.387 e. The normalized spacial score (nSPS) is 12.6. The number of aromatic nitrogens is 2. The summed E-state index contributed by atoms with van der Waals surface area (Å²) in [6, 6.07) is 13.6. The summed E-state index contributed by atoms with van der Waals surface area (Å²) in [4.78, 5) is 2.01. The molecule has 27 heavy (non-hydrogen) atoms. The summed E-state index contributed by atoms with van der Waals surface area (Å²) in [7, 11) is 1.91. The van der Waals surface area contributed by atoms with Crippen LogP contribution >= 0.6 is 11.6 Å². The van der Waals surface area contributed by atoms with Gasteiger partial charge in [-0.1, -0.05) is 29.8 Å². The Labute approximate surface area is 160 Å². The van der Waals surface area contributed by atoms with Crippen LogP contribution in [0.1, 0.15) is 24.4 Å². The van der Waals surface area contributed by atoms with Crippen LogP contribution in [0, 0.1) is 0 Å². The van der Waals surface area contributed by atoms with Crippen LogP contribution in [0.15, 0.2) is 52.9 Å². The molecule has 2 aromatic carbocycles. The number of hydrogen-bond donors (Lipinski definition) is 0. The van der Waals surface area contributed by atoms with E-state index in [1.807, 2.05) is 31.0 Å². The van der Waals surface area contributed by atoms with Gasteiger partial charge in [0.25, 0.3) is 0 Å². The van der Waals surface area contributed by atoms with E-state index in [0.717, 1.165) is 11.1 Å². The predicted octanol–water partition coefficient (Wildman–Crippen LogP) is 5.18. The highest BCUT2D eigenvalue weighted by Crippen LogP contribution is 2.26. The molecule has 1 unspecified atom stereocenters. The Morgan fingerprint density at radius 2 is 1.89 bits per heavy atom. The maximum atomic E-state index is 12.2. The fraction of sp³-hybridized carbons (Fsp3) is 0.263. The van der Waals surface area contributed by atoms with Crippen molar-refractivity contribution < 1.29 is 17.9 Å². The number of rotatable bonds is 7. The topological polar surface area (TPSA) is 51.4 Å². The molecule has 3 aromatic rings. The maximum Gasteiger partial charge on any atom is 0.387 e. The molecule has 0 aliphatic rings. The zero-order chi connectivity index (χ0) is 19.4. The summed E-state index contributed by atoms with van der Waals surface area (Å²) in [6.45, 7) is -0.307. The van der Waals surface area contributed by atoms with Crippen LogP contribution < -0.4 is 4.74 Å². The first-order valence-corrected chi connectivity index (χ1v) is 8.63. The van der Waals surface area contributed by atoms with E-state index in [9.17, 15) is 8.78 Å². The molecule has 0 N–H and O–H groups in total. The first-order valence-electron chi connectivity index (χ1n) is 8.25. The second-order valence-electron chi connectivity index (χ2n) is 6.07. The van der Waals surface area contributed by atoms with E-state index in [4.69, 9.17) is 16.0 Å². The lowest BCUT2D eigenvalue weighted by molar-refractivity contribution is -0.0498. The summed E-state index contributed by atoms with van der Waals surface area (Å²) < 4.78 is 34.6. The molecule has 0 amide bonds. The van der Waals surface area contributed by atoms with Gasteiger partial charge in [0.2, 0.25) is 11.8 Å². The molecule has 0 bridgehead atoms. The molecule has 8 heteroatoms. The van der Waals surface area contributed by atoms with E-state index in [2.05, 4.69) is 14.9 Å². The highest BCUT2D eigenvalue weighted by atomic mass is 35.5. The number of nitrogens with zero attached hydrogens (tertiary/aromatic N) is 3. The first kappa shape index (κ1) is 19.3. The van der Waals surface area contributed by atoms with Crippen molar-refractivity contribution in [3.63, 3.8) is 0 Å². The van der Waals surface area contributed by atoms with E-state index < -0.39 is 6.61 Å². The van der Waals surface area contributed by atoms with Crippen molar-refractivity contribution in [3.05, 3.63) is 65.0 Å². The van der Waals surface area contributed by atoms with Crippen LogP contribution in [0.5, 0.6) is 5.75 Å². The monoisotopic (exact) mass is 393 g/mol. The predicted molar refractivity (Wildman–Crippen MR) is 97.7 cm³/mol. The molecule has 1 heterocycles. The van der Waals surface area contributed by atoms with Crippen LogP contribution in [0.3, 0.4) is 0 Å². The molecule has 0 saturated carbocycles. The molecule has 1 aromatic heterocycles. The molecule has 0 saturated heterocycles. The quantitative estimate of drug-likeness (QED) is 0.553. The van der Waals surface area contributed by atoms with Crippen molar-refractivity contribution in [3.8, 4) is 17.2 Å². The lowest BCUT2D eigenvalue weighted by atomic mass is 10.2. The SMILES string of the molecule is CC(c1nnc(-c2cccc(Cl)c2)o1)N(C)Cc1ccc(OC(F)F)cc1. The lowest BCUT2D eigenvalue weighted by Crippen LogP contribution is -2.22. The summed E-state index contributed by atoms with van der Waals surface area (Å²) in [6.07, 6.45) is 0. The van der Waals surface area contributed by atoms with E-state index in [1.165, 1.54) is 12.1 Å². The van der Waals surface area contributed by atoms with Gasteiger partial charge in [-0.3, -0.25) is 4.90 Å². The van der Waals surface area contributed by atoms with E-state index in [-0.39, 0.29) is 11.8 Å². The maximum absolute atomic E-state index is 12.2. The largest absolute Gasteiger partial charge is 0.435 e. The molecule has 0 aliphatic carbocycles. The first-order chi connectivity index (χ1) is 12.9. The molecule has 0 fully saturated rings. The number of ether oxygens (including phenoxy) is 1. The van der Waals surface area contributed by atoms with Gasteiger partial charge in [-0.25, -0.2) is 0 Å². The van der Waals surface area contributed by atoms with Crippen LogP contribution in [0.25, 0.3) is 11.5 Å². The van der Waals surface area contributed by atoms with Gasteiger partial charge in [-0.05, 0) is 49.9 Å². The Balaban J connectivity index is 1.66. The summed E-state index contributed by atoms with van der Waals surface area (Å²) in [5.41, 5.74) is 1.70. The molecule has 1 atom stereocenters. The Hall–Kier alpha value is -2.51. The van der Waals surface area contributed by atoms with Crippen molar-refractivity contribution >= 4 is 11.6 Å². The second-order valence-corrected chi connectivity index (χ2v) is 6.51. The van der Waals surface area contributed by atoms with Gasteiger partial charge in [0.15, 0.2) is 0 Å². The molecule has 5 nitrogen and oxygen atoms in total. The Morgan fingerprint density at radius 1 is 1.15 bits per heavy atom. The summed E-state index contributed by atoms with van der Waals surface area (Å²) in [5, 5.41) is 8.81. The van der Waals surface area contributed by atoms with Crippen LogP contribution in [0.2, 0.25) is 5.02 Å². The van der Waals surface area contributed by atoms with Gasteiger partial charge >= 0.3 is 6.61 Å². The number of benzene rings is 2. The third-order valence-electron chi connectivity index (χ3n) is 4.11. The molecule has 0 aliphatic heterocycles. The van der Waals surface area contributed by atoms with Gasteiger partial charge in [-0.15, -0.1) is 10.2 Å². The number of halogens is 3. The van der Waals surface area contributed by atoms with Gasteiger partial charge in [0.05, 0.1) is 6.04 Å². The van der Waals surface area contributed by atoms with Gasteiger partial charge in [-0.2, -0.15) is 8.78 Å². The fourth-order valence-electron chi connectivity index (χ4n) is 2.53. The van der Waals surface area contributed by atoms with Crippen molar-refractivity contribution in [1.29, 1.82) is 0 Å². The highest BCUT2D eigenvalue weighted by molar-refractivity contribution is 6.30. The molecular formula is C19H18ClF2N3O2.